The minimum Gasteiger partial charge on any atom is -0.327 e. The van der Waals surface area contributed by atoms with E-state index in [9.17, 15) is 0 Å². The number of hydrogen-bond donors (Lipinski definition) is 1. The van der Waals surface area contributed by atoms with Gasteiger partial charge in [-0.05, 0) is 31.6 Å². The maximum absolute atomic E-state index is 6.03. The largest absolute Gasteiger partial charge is 0.327 e. The van der Waals surface area contributed by atoms with E-state index in [1.807, 2.05) is 0 Å². The lowest BCUT2D eigenvalue weighted by atomic mass is 9.73. The van der Waals surface area contributed by atoms with Gasteiger partial charge in [0.25, 0.3) is 0 Å². The SMILES string of the molecule is CCC(N)CC1=C(C)C=CCC1(C)C.Cl. The lowest BCUT2D eigenvalue weighted by Gasteiger charge is -2.33. The topological polar surface area (TPSA) is 26.0 Å². The summed E-state index contributed by atoms with van der Waals surface area (Å²) in [5, 5.41) is 0. The van der Waals surface area contributed by atoms with E-state index in [0.29, 0.717) is 11.5 Å². The highest BCUT2D eigenvalue weighted by Gasteiger charge is 2.26. The third-order valence-electron chi connectivity index (χ3n) is 3.28. The number of rotatable bonds is 3. The van der Waals surface area contributed by atoms with Gasteiger partial charge in [-0.1, -0.05) is 44.1 Å². The molecule has 0 saturated carbocycles. The molecule has 2 N–H and O–H groups in total. The fourth-order valence-corrected chi connectivity index (χ4v) is 2.13. The normalized spacial score (nSPS) is 21.1. The second-order valence-electron chi connectivity index (χ2n) is 5.02. The molecule has 0 aromatic heterocycles. The molecule has 1 rings (SSSR count). The Morgan fingerprint density at radius 2 is 2.07 bits per heavy atom. The van der Waals surface area contributed by atoms with Gasteiger partial charge >= 0.3 is 0 Å². The van der Waals surface area contributed by atoms with Gasteiger partial charge in [-0.3, -0.25) is 0 Å². The highest BCUT2D eigenvalue weighted by Crippen LogP contribution is 2.39. The van der Waals surface area contributed by atoms with Crippen molar-refractivity contribution in [1.82, 2.24) is 0 Å². The maximum atomic E-state index is 6.03. The van der Waals surface area contributed by atoms with E-state index in [1.54, 1.807) is 5.57 Å². The summed E-state index contributed by atoms with van der Waals surface area (Å²) in [5.41, 5.74) is 9.31. The molecule has 0 aromatic rings. The molecule has 0 aliphatic heterocycles. The Bertz CT molecular complexity index is 264. The Balaban J connectivity index is 0.00000196. The summed E-state index contributed by atoms with van der Waals surface area (Å²) in [7, 11) is 0. The van der Waals surface area contributed by atoms with Crippen molar-refractivity contribution in [2.24, 2.45) is 11.1 Å². The van der Waals surface area contributed by atoms with Gasteiger partial charge in [0.1, 0.15) is 0 Å². The summed E-state index contributed by atoms with van der Waals surface area (Å²) in [6.07, 6.45) is 7.78. The van der Waals surface area contributed by atoms with Crippen LogP contribution in [0.5, 0.6) is 0 Å². The quantitative estimate of drug-likeness (QED) is 0.782. The first-order chi connectivity index (χ1) is 6.47. The zero-order chi connectivity index (χ0) is 10.8. The second kappa shape index (κ2) is 5.72. The molecular weight excluding hydrogens is 206 g/mol. The number of nitrogens with two attached hydrogens (primary N) is 1. The van der Waals surface area contributed by atoms with Crippen molar-refractivity contribution < 1.29 is 0 Å². The Kier molecular flexibility index (Phi) is 5.61. The Hall–Kier alpha value is -0.270. The molecule has 0 saturated heterocycles. The molecule has 15 heavy (non-hydrogen) atoms. The van der Waals surface area contributed by atoms with Crippen LogP contribution in [0.1, 0.15) is 47.0 Å². The molecular formula is C13H24ClN. The average Bonchev–Trinajstić information content (AvgIpc) is 2.11. The maximum Gasteiger partial charge on any atom is 0.00738 e. The standard InChI is InChI=1S/C13H23N.ClH/c1-5-11(14)9-12-10(2)7-6-8-13(12,3)4;/h6-7,11H,5,8-9,14H2,1-4H3;1H. The smallest absolute Gasteiger partial charge is 0.00738 e. The summed E-state index contributed by atoms with van der Waals surface area (Å²) < 4.78 is 0. The highest BCUT2D eigenvalue weighted by atomic mass is 35.5. The lowest BCUT2D eigenvalue weighted by molar-refractivity contribution is 0.411. The first-order valence-corrected chi connectivity index (χ1v) is 5.59. The van der Waals surface area contributed by atoms with Gasteiger partial charge in [0.05, 0.1) is 0 Å². The van der Waals surface area contributed by atoms with Crippen LogP contribution in [0.3, 0.4) is 0 Å². The van der Waals surface area contributed by atoms with E-state index in [0.717, 1.165) is 19.3 Å². The van der Waals surface area contributed by atoms with E-state index in [-0.39, 0.29) is 12.4 Å². The van der Waals surface area contributed by atoms with Crippen LogP contribution >= 0.6 is 12.4 Å². The minimum atomic E-state index is 0. The van der Waals surface area contributed by atoms with Crippen LogP contribution in [0.25, 0.3) is 0 Å². The van der Waals surface area contributed by atoms with Gasteiger partial charge in [-0.2, -0.15) is 0 Å². The van der Waals surface area contributed by atoms with Gasteiger partial charge in [-0.15, -0.1) is 12.4 Å². The van der Waals surface area contributed by atoms with Crippen LogP contribution in [-0.4, -0.2) is 6.04 Å². The van der Waals surface area contributed by atoms with E-state index < -0.39 is 0 Å². The minimum absolute atomic E-state index is 0. The monoisotopic (exact) mass is 229 g/mol. The van der Waals surface area contributed by atoms with Crippen molar-refractivity contribution in [2.75, 3.05) is 0 Å². The summed E-state index contributed by atoms with van der Waals surface area (Å²) in [4.78, 5) is 0. The predicted molar refractivity (Wildman–Crippen MR) is 70.4 cm³/mol. The third-order valence-corrected chi connectivity index (χ3v) is 3.28. The van der Waals surface area contributed by atoms with Crippen molar-refractivity contribution in [3.05, 3.63) is 23.3 Å². The van der Waals surface area contributed by atoms with Crippen LogP contribution in [0.4, 0.5) is 0 Å². The van der Waals surface area contributed by atoms with Crippen molar-refractivity contribution in [3.8, 4) is 0 Å². The number of halogens is 1. The molecule has 1 unspecified atom stereocenters. The van der Waals surface area contributed by atoms with Gasteiger partial charge in [0.2, 0.25) is 0 Å². The van der Waals surface area contributed by atoms with Crippen LogP contribution in [0.2, 0.25) is 0 Å². The Morgan fingerprint density at radius 3 is 2.53 bits per heavy atom. The molecule has 1 aliphatic carbocycles. The van der Waals surface area contributed by atoms with E-state index in [4.69, 9.17) is 5.73 Å². The predicted octanol–water partition coefficient (Wildman–Crippen LogP) is 3.84. The molecule has 0 bridgehead atoms. The third kappa shape index (κ3) is 3.66. The Labute approximate surface area is 100 Å². The summed E-state index contributed by atoms with van der Waals surface area (Å²) in [6, 6.07) is 0.325. The molecule has 1 nitrogen and oxygen atoms in total. The zero-order valence-electron chi connectivity index (χ0n) is 10.3. The van der Waals surface area contributed by atoms with Gasteiger partial charge < -0.3 is 5.73 Å². The van der Waals surface area contributed by atoms with Crippen LogP contribution in [0, 0.1) is 5.41 Å². The molecule has 0 amide bonds. The van der Waals surface area contributed by atoms with Gasteiger partial charge in [-0.25, -0.2) is 0 Å². The molecule has 1 aliphatic rings. The molecule has 2 heteroatoms. The van der Waals surface area contributed by atoms with E-state index in [2.05, 4.69) is 39.8 Å². The summed E-state index contributed by atoms with van der Waals surface area (Å²) >= 11 is 0. The molecule has 0 fully saturated rings. The highest BCUT2D eigenvalue weighted by molar-refractivity contribution is 5.85. The summed E-state index contributed by atoms with van der Waals surface area (Å²) in [6.45, 7) is 9.00. The fraction of sp³-hybridized carbons (Fsp3) is 0.692. The summed E-state index contributed by atoms with van der Waals surface area (Å²) in [5.74, 6) is 0. The average molecular weight is 230 g/mol. The lowest BCUT2D eigenvalue weighted by Crippen LogP contribution is -2.26. The molecule has 88 valence electrons. The number of allylic oxidation sites excluding steroid dienone is 3. The van der Waals surface area contributed by atoms with Crippen molar-refractivity contribution in [3.63, 3.8) is 0 Å². The van der Waals surface area contributed by atoms with Crippen LogP contribution in [-0.2, 0) is 0 Å². The van der Waals surface area contributed by atoms with Gasteiger partial charge in [0.15, 0.2) is 0 Å². The molecule has 0 spiro atoms. The molecule has 1 atom stereocenters. The zero-order valence-corrected chi connectivity index (χ0v) is 11.2. The van der Waals surface area contributed by atoms with E-state index in [1.165, 1.54) is 5.57 Å². The van der Waals surface area contributed by atoms with Crippen molar-refractivity contribution in [2.45, 2.75) is 53.0 Å². The number of hydrogen-bond acceptors (Lipinski definition) is 1. The first kappa shape index (κ1) is 14.7. The molecule has 0 heterocycles. The molecule has 0 radical (unpaired) electrons. The molecule has 0 aromatic carbocycles. The van der Waals surface area contributed by atoms with Crippen molar-refractivity contribution >= 4 is 12.4 Å². The fourth-order valence-electron chi connectivity index (χ4n) is 2.13. The van der Waals surface area contributed by atoms with Crippen LogP contribution in [0.15, 0.2) is 23.3 Å². The van der Waals surface area contributed by atoms with Crippen molar-refractivity contribution in [1.29, 1.82) is 0 Å². The first-order valence-electron chi connectivity index (χ1n) is 5.59. The van der Waals surface area contributed by atoms with Gasteiger partial charge in [0, 0.05) is 6.04 Å². The Morgan fingerprint density at radius 1 is 1.47 bits per heavy atom. The second-order valence-corrected chi connectivity index (χ2v) is 5.02. The van der Waals surface area contributed by atoms with Crippen LogP contribution < -0.4 is 5.73 Å². The van der Waals surface area contributed by atoms with E-state index >= 15 is 0 Å².